The summed E-state index contributed by atoms with van der Waals surface area (Å²) in [7, 11) is 0. The molecule has 1 unspecified atom stereocenters. The Morgan fingerprint density at radius 2 is 1.77 bits per heavy atom. The number of aromatic nitrogens is 2. The molecule has 3 rings (SSSR count). The number of halogens is 2. The fourth-order valence-corrected chi connectivity index (χ4v) is 2.80. The second-order valence-electron chi connectivity index (χ2n) is 7.57. The standard InChI is InChI=1S/C21H23F2N3/c1-21(2,3)19(24)20-25-18(16-11-15(22)9-10-17(16)23)13-26(20)12-14-7-5-4-6-8-14/h4-11,13,19H,12,24H2,1-3H3. The number of rotatable bonds is 4. The van der Waals surface area contributed by atoms with Crippen LogP contribution < -0.4 is 5.73 Å². The van der Waals surface area contributed by atoms with Crippen LogP contribution in [0.4, 0.5) is 8.78 Å². The van der Waals surface area contributed by atoms with E-state index in [0.29, 0.717) is 18.1 Å². The molecule has 0 amide bonds. The molecule has 0 aliphatic heterocycles. The van der Waals surface area contributed by atoms with Crippen molar-refractivity contribution in [2.24, 2.45) is 11.1 Å². The maximum absolute atomic E-state index is 14.2. The highest BCUT2D eigenvalue weighted by atomic mass is 19.1. The van der Waals surface area contributed by atoms with Crippen LogP contribution in [-0.4, -0.2) is 9.55 Å². The Morgan fingerprint density at radius 3 is 2.42 bits per heavy atom. The fourth-order valence-electron chi connectivity index (χ4n) is 2.80. The second kappa shape index (κ2) is 7.00. The topological polar surface area (TPSA) is 43.8 Å². The maximum atomic E-state index is 14.2. The zero-order valence-corrected chi connectivity index (χ0v) is 15.2. The van der Waals surface area contributed by atoms with Crippen LogP contribution in [-0.2, 0) is 6.54 Å². The van der Waals surface area contributed by atoms with Crippen LogP contribution in [0.15, 0.2) is 54.7 Å². The van der Waals surface area contributed by atoms with E-state index in [4.69, 9.17) is 5.73 Å². The minimum atomic E-state index is -0.508. The number of benzene rings is 2. The van der Waals surface area contributed by atoms with Gasteiger partial charge in [-0.25, -0.2) is 13.8 Å². The summed E-state index contributed by atoms with van der Waals surface area (Å²) in [6, 6.07) is 12.9. The predicted octanol–water partition coefficient (Wildman–Crippen LogP) is 4.92. The Hall–Kier alpha value is -2.53. The van der Waals surface area contributed by atoms with Crippen molar-refractivity contribution in [1.29, 1.82) is 0 Å². The first-order valence-electron chi connectivity index (χ1n) is 8.57. The summed E-state index contributed by atoms with van der Waals surface area (Å²) in [5.74, 6) is -0.354. The van der Waals surface area contributed by atoms with Crippen LogP contribution >= 0.6 is 0 Å². The van der Waals surface area contributed by atoms with Crippen LogP contribution in [0.25, 0.3) is 11.3 Å². The van der Waals surface area contributed by atoms with E-state index in [0.717, 1.165) is 23.8 Å². The van der Waals surface area contributed by atoms with E-state index in [-0.39, 0.29) is 17.0 Å². The first kappa shape index (κ1) is 18.3. The van der Waals surface area contributed by atoms with Gasteiger partial charge in [0.1, 0.15) is 17.5 Å². The van der Waals surface area contributed by atoms with Crippen LogP contribution in [0.3, 0.4) is 0 Å². The van der Waals surface area contributed by atoms with Gasteiger partial charge in [0, 0.05) is 18.3 Å². The minimum Gasteiger partial charge on any atom is -0.329 e. The van der Waals surface area contributed by atoms with E-state index in [9.17, 15) is 8.78 Å². The molecule has 26 heavy (non-hydrogen) atoms. The molecule has 136 valence electrons. The van der Waals surface area contributed by atoms with Gasteiger partial charge in [-0.2, -0.15) is 0 Å². The lowest BCUT2D eigenvalue weighted by atomic mass is 9.87. The van der Waals surface area contributed by atoms with Gasteiger partial charge in [-0.05, 0) is 29.2 Å². The van der Waals surface area contributed by atoms with Crippen molar-refractivity contribution in [3.05, 3.63) is 77.8 Å². The molecule has 2 N–H and O–H groups in total. The smallest absolute Gasteiger partial charge is 0.132 e. The highest BCUT2D eigenvalue weighted by Gasteiger charge is 2.27. The highest BCUT2D eigenvalue weighted by molar-refractivity contribution is 5.59. The minimum absolute atomic E-state index is 0.138. The molecule has 5 heteroatoms. The molecule has 2 aromatic carbocycles. The van der Waals surface area contributed by atoms with Crippen molar-refractivity contribution in [3.8, 4) is 11.3 Å². The Kier molecular flexibility index (Phi) is 4.92. The number of hydrogen-bond donors (Lipinski definition) is 1. The van der Waals surface area contributed by atoms with Crippen molar-refractivity contribution >= 4 is 0 Å². The molecule has 0 bridgehead atoms. The molecule has 1 aromatic heterocycles. The van der Waals surface area contributed by atoms with E-state index in [1.54, 1.807) is 6.20 Å². The van der Waals surface area contributed by atoms with E-state index >= 15 is 0 Å². The Balaban J connectivity index is 2.09. The van der Waals surface area contributed by atoms with Gasteiger partial charge in [-0.15, -0.1) is 0 Å². The van der Waals surface area contributed by atoms with Crippen LogP contribution in [0.1, 0.15) is 38.2 Å². The molecular formula is C21H23F2N3. The molecule has 0 saturated heterocycles. The summed E-state index contributed by atoms with van der Waals surface area (Å²) in [6.45, 7) is 6.65. The SMILES string of the molecule is CC(C)(C)C(N)c1nc(-c2cc(F)ccc2F)cn1Cc1ccccc1. The van der Waals surface area contributed by atoms with E-state index in [1.165, 1.54) is 0 Å². The fraction of sp³-hybridized carbons (Fsp3) is 0.286. The van der Waals surface area contributed by atoms with Gasteiger partial charge in [0.25, 0.3) is 0 Å². The molecular weight excluding hydrogens is 332 g/mol. The third-order valence-corrected chi connectivity index (χ3v) is 4.42. The molecule has 0 spiro atoms. The van der Waals surface area contributed by atoms with Gasteiger partial charge >= 0.3 is 0 Å². The second-order valence-corrected chi connectivity index (χ2v) is 7.57. The van der Waals surface area contributed by atoms with E-state index < -0.39 is 11.6 Å². The Bertz CT molecular complexity index is 895. The van der Waals surface area contributed by atoms with Gasteiger partial charge in [0.2, 0.25) is 0 Å². The van der Waals surface area contributed by atoms with Crippen LogP contribution in [0.5, 0.6) is 0 Å². The maximum Gasteiger partial charge on any atom is 0.132 e. The number of nitrogens with zero attached hydrogens (tertiary/aromatic N) is 2. The lowest BCUT2D eigenvalue weighted by molar-refractivity contribution is 0.309. The largest absolute Gasteiger partial charge is 0.329 e. The quantitative estimate of drug-likeness (QED) is 0.722. The van der Waals surface area contributed by atoms with Gasteiger partial charge in [0.05, 0.1) is 11.7 Å². The highest BCUT2D eigenvalue weighted by Crippen LogP contribution is 2.32. The van der Waals surface area contributed by atoms with Gasteiger partial charge in [0.15, 0.2) is 0 Å². The summed E-state index contributed by atoms with van der Waals surface area (Å²) in [5, 5.41) is 0. The third kappa shape index (κ3) is 3.83. The summed E-state index contributed by atoms with van der Waals surface area (Å²) in [4.78, 5) is 4.58. The molecule has 0 saturated carbocycles. The van der Waals surface area contributed by atoms with Crippen LogP contribution in [0, 0.1) is 17.0 Å². The average molecular weight is 355 g/mol. The average Bonchev–Trinajstić information content (AvgIpc) is 2.99. The van der Waals surface area contributed by atoms with Crippen LogP contribution in [0.2, 0.25) is 0 Å². The number of hydrogen-bond acceptors (Lipinski definition) is 2. The lowest BCUT2D eigenvalue weighted by Gasteiger charge is -2.27. The lowest BCUT2D eigenvalue weighted by Crippen LogP contribution is -2.29. The van der Waals surface area contributed by atoms with Gasteiger partial charge in [-0.1, -0.05) is 51.1 Å². The van der Waals surface area contributed by atoms with E-state index in [2.05, 4.69) is 4.98 Å². The molecule has 3 aromatic rings. The van der Waals surface area contributed by atoms with Crippen molar-refractivity contribution in [2.45, 2.75) is 33.4 Å². The zero-order valence-electron chi connectivity index (χ0n) is 15.2. The summed E-state index contributed by atoms with van der Waals surface area (Å²) in [5.41, 5.74) is 7.81. The van der Waals surface area contributed by atoms with Crippen molar-refractivity contribution in [1.82, 2.24) is 9.55 Å². The molecule has 3 nitrogen and oxygen atoms in total. The molecule has 0 radical (unpaired) electrons. The number of nitrogens with two attached hydrogens (primary N) is 1. The Labute approximate surface area is 152 Å². The summed E-state index contributed by atoms with van der Waals surface area (Å²) >= 11 is 0. The third-order valence-electron chi connectivity index (χ3n) is 4.42. The Morgan fingerprint density at radius 1 is 1.08 bits per heavy atom. The number of imidazole rings is 1. The van der Waals surface area contributed by atoms with Crippen molar-refractivity contribution in [3.63, 3.8) is 0 Å². The van der Waals surface area contributed by atoms with Crippen molar-refractivity contribution < 1.29 is 8.78 Å². The van der Waals surface area contributed by atoms with Gasteiger partial charge < -0.3 is 10.3 Å². The molecule has 0 aliphatic carbocycles. The zero-order chi connectivity index (χ0) is 18.9. The summed E-state index contributed by atoms with van der Waals surface area (Å²) in [6.07, 6.45) is 1.74. The predicted molar refractivity (Wildman–Crippen MR) is 99.5 cm³/mol. The molecule has 1 atom stereocenters. The first-order valence-corrected chi connectivity index (χ1v) is 8.57. The molecule has 1 heterocycles. The van der Waals surface area contributed by atoms with Crippen molar-refractivity contribution in [2.75, 3.05) is 0 Å². The summed E-state index contributed by atoms with van der Waals surface area (Å²) < 4.78 is 29.7. The molecule has 0 fully saturated rings. The molecule has 0 aliphatic rings. The first-order chi connectivity index (χ1) is 12.3. The monoisotopic (exact) mass is 355 g/mol. The van der Waals surface area contributed by atoms with E-state index in [1.807, 2.05) is 55.7 Å². The normalized spacial score (nSPS) is 13.0. The van der Waals surface area contributed by atoms with Gasteiger partial charge in [-0.3, -0.25) is 0 Å².